The summed E-state index contributed by atoms with van der Waals surface area (Å²) in [5.41, 5.74) is 0. The molecular weight excluding hydrogens is 624 g/mol. The topological polar surface area (TPSA) is 689 Å². The Labute approximate surface area is 249 Å². The molecule has 0 unspecified atom stereocenters. The molecule has 34 heavy (non-hydrogen) atoms. The zero-order chi connectivity index (χ0) is 15.2. The normalized spacial score (nSPS) is 3.82. The molecule has 0 fully saturated rings. The van der Waals surface area contributed by atoms with Gasteiger partial charge in [-0.05, 0) is 0 Å². The van der Waals surface area contributed by atoms with E-state index in [9.17, 15) is 0 Å². The second-order valence-corrected chi connectivity index (χ2v) is 3.36. The molecule has 0 saturated carbocycles. The van der Waals surface area contributed by atoms with Gasteiger partial charge in [0.1, 0.15) is 0 Å². The minimum atomic E-state index is -3.83. The van der Waals surface area contributed by atoms with Crippen molar-refractivity contribution in [3.05, 3.63) is 30.3 Å². The predicted octanol–water partition coefficient (Wildman–Crippen LogP) is -18.7. The van der Waals surface area contributed by atoms with E-state index in [1.165, 1.54) is 0 Å². The molecule has 0 bridgehead atoms. The molecule has 0 aliphatic carbocycles. The molecule has 228 valence electrons. The number of nitrogens with zero attached hydrogens (tertiary/aromatic N) is 3. The molecule has 0 aromatic carbocycles. The minimum Gasteiger partial charge on any atom is -1.00 e. The minimum absolute atomic E-state index is 0. The van der Waals surface area contributed by atoms with Gasteiger partial charge in [-0.2, -0.15) is 4.21 Å². The molecular formula is H35FeN3Na2O26S2. The van der Waals surface area contributed by atoms with Crippen molar-refractivity contribution in [2.24, 2.45) is 0 Å². The monoisotopic (exact) mass is 659 g/mol. The van der Waals surface area contributed by atoms with Crippen LogP contribution in [0.5, 0.6) is 0 Å². The van der Waals surface area contributed by atoms with Crippen LogP contribution in [0.15, 0.2) is 0 Å². The molecule has 0 radical (unpaired) electrons. The van der Waals surface area contributed by atoms with E-state index in [1.807, 2.05) is 0 Å². The van der Waals surface area contributed by atoms with Crippen LogP contribution in [0.3, 0.4) is 0 Å². The largest absolute Gasteiger partial charge is 1.00 e. The van der Waals surface area contributed by atoms with E-state index in [2.05, 4.69) is 11.2 Å². The van der Waals surface area contributed by atoms with Crippen LogP contribution in [-0.2, 0) is 37.3 Å². The summed E-state index contributed by atoms with van der Waals surface area (Å²) in [6.45, 7) is 0. The first kappa shape index (κ1) is 221. The van der Waals surface area contributed by atoms with Crippen LogP contribution in [-0.4, -0.2) is 121 Å². The van der Waals surface area contributed by atoms with E-state index < -0.39 is 24.3 Å². The first-order chi connectivity index (χ1) is 7.20. The van der Waals surface area contributed by atoms with E-state index in [0.717, 1.165) is 0 Å². The predicted molar refractivity (Wildman–Crippen MR) is 99.9 cm³/mol. The van der Waals surface area contributed by atoms with Gasteiger partial charge < -0.3 is 95.1 Å². The fourth-order valence-corrected chi connectivity index (χ4v) is 0. The van der Waals surface area contributed by atoms with E-state index in [0.29, 0.717) is 0 Å². The molecule has 33 N–H and O–H groups in total. The quantitative estimate of drug-likeness (QED) is 0.0917. The zero-order valence-corrected chi connectivity index (χ0v) is 23.3. The first-order valence-electron chi connectivity index (χ1n) is 2.39. The Morgan fingerprint density at radius 1 is 0.529 bits per heavy atom. The summed E-state index contributed by atoms with van der Waals surface area (Å²) in [6, 6.07) is 0. The molecule has 0 amide bonds. The van der Waals surface area contributed by atoms with Crippen LogP contribution in [0.25, 0.3) is 0 Å². The fourth-order valence-electron chi connectivity index (χ4n) is 0. The molecule has 0 spiro atoms. The Kier molecular flexibility index (Phi) is 983. The van der Waals surface area contributed by atoms with E-state index in [4.69, 9.17) is 59.3 Å². The number of hydrogen-bond donors (Lipinski definition) is 5. The molecule has 29 nitrogen and oxygen atoms in total. The van der Waals surface area contributed by atoms with Crippen LogP contribution in [0.2, 0.25) is 0 Å². The van der Waals surface area contributed by atoms with Gasteiger partial charge in [0.15, 0.2) is 0 Å². The van der Waals surface area contributed by atoms with Gasteiger partial charge in [0, 0.05) is 28.3 Å². The summed E-state index contributed by atoms with van der Waals surface area (Å²) < 4.78 is 24.0. The smallest absolute Gasteiger partial charge is 1.00 e. The van der Waals surface area contributed by atoms with Crippen LogP contribution >= 0.6 is 0 Å². The van der Waals surface area contributed by atoms with Gasteiger partial charge in [-0.15, -0.1) is 30.3 Å². The van der Waals surface area contributed by atoms with Gasteiger partial charge in [-0.3, -0.25) is 9.11 Å². The Morgan fingerprint density at radius 2 is 0.529 bits per heavy atom. The molecule has 0 rings (SSSR count). The molecule has 34 heteroatoms. The third kappa shape index (κ3) is 1340000. The van der Waals surface area contributed by atoms with Crippen LogP contribution in [0.1, 0.15) is 2.85 Å². The summed E-state index contributed by atoms with van der Waals surface area (Å²) in [6.07, 6.45) is 0. The Hall–Kier alpha value is -0.151. The molecule has 0 aromatic rings. The fraction of sp³-hybridized carbons (Fsp3) is 0. The average Bonchev–Trinajstić information content (AvgIpc) is 1.73. The van der Waals surface area contributed by atoms with Crippen molar-refractivity contribution in [3.63, 3.8) is 0 Å². The third-order valence-electron chi connectivity index (χ3n) is 0. The second-order valence-electron chi connectivity index (χ2n) is 1.16. The van der Waals surface area contributed by atoms with Crippen LogP contribution in [0, 0.1) is 30.3 Å². The molecule has 0 heterocycles. The maximum atomic E-state index is 9.11. The maximum Gasteiger partial charge on any atom is 1.00 e. The summed E-state index contributed by atoms with van der Waals surface area (Å²) in [4.78, 5) is 25.1. The third-order valence-corrected chi connectivity index (χ3v) is 0. The van der Waals surface area contributed by atoms with E-state index in [1.54, 1.807) is 0 Å². The van der Waals surface area contributed by atoms with Crippen LogP contribution < -0.4 is 59.1 Å². The molecule has 0 aliphatic rings. The van der Waals surface area contributed by atoms with Crippen molar-refractivity contribution in [1.29, 1.82) is 0 Å². The summed E-state index contributed by atoms with van der Waals surface area (Å²) >= 11 is 3.47. The zero-order valence-electron chi connectivity index (χ0n) is 18.6. The number of hydrogen-bond acceptors (Lipinski definition) is 8. The van der Waals surface area contributed by atoms with Gasteiger partial charge in [-0.25, -0.2) is 0 Å². The van der Waals surface area contributed by atoms with Gasteiger partial charge in [0.2, 0.25) is 0 Å². The Balaban J connectivity index is -0.00000000254. The van der Waals surface area contributed by atoms with Crippen molar-refractivity contribution >= 4 is 20.2 Å². The summed E-state index contributed by atoms with van der Waals surface area (Å²) in [5, 5.41) is 40.9. The summed E-state index contributed by atoms with van der Waals surface area (Å²) in [5.74, 6) is 0. The standard InChI is InChI=1S/Fe.3HNO3.2Na.H2O3S2.14H2O.2H/c;3*2-1(3)4;;;1-5(2,3)4;;;;;;;;;;;;;;;;/h;3*(H,2,3,4);;;(H2,1,2,3,4);14*1H2;;/q;;;;2*+1;;;;;;;;;;;;;;;;2*-1. The maximum absolute atomic E-state index is 9.11. The Bertz CT molecular complexity index is 300. The average molecular weight is 659 g/mol. The van der Waals surface area contributed by atoms with Gasteiger partial charge in [0.25, 0.3) is 24.3 Å². The van der Waals surface area contributed by atoms with E-state index in [-0.39, 0.29) is 156 Å². The van der Waals surface area contributed by atoms with Crippen molar-refractivity contribution in [2.45, 2.75) is 0 Å². The van der Waals surface area contributed by atoms with E-state index >= 15 is 0 Å². The molecule has 0 saturated heterocycles. The van der Waals surface area contributed by atoms with Gasteiger partial charge in [-0.1, -0.05) is 0 Å². The number of rotatable bonds is 0. The van der Waals surface area contributed by atoms with Gasteiger partial charge in [0.05, 0.1) is 0 Å². The van der Waals surface area contributed by atoms with Crippen molar-refractivity contribution in [1.82, 2.24) is 0 Å². The first-order valence-corrected chi connectivity index (χ1v) is 4.79. The SMILES string of the molecule is O.O.O.O.O.O.O.O.O.O.O.O.O.O.O=S(O)(O)=S.O=[N+]([O-])O.O=[N+]([O-])O.O=[N+]([O-])O.[Fe].[H-].[H-].[Na+].[Na+]. The van der Waals surface area contributed by atoms with Crippen molar-refractivity contribution in [2.75, 3.05) is 0 Å². The Morgan fingerprint density at radius 3 is 0.529 bits per heavy atom. The molecule has 0 aliphatic heterocycles. The van der Waals surface area contributed by atoms with Crippen molar-refractivity contribution < 1.29 is 200 Å². The van der Waals surface area contributed by atoms with Gasteiger partial charge >= 0.3 is 59.1 Å². The van der Waals surface area contributed by atoms with Crippen LogP contribution in [0.4, 0.5) is 0 Å². The molecule has 0 atom stereocenters. The second kappa shape index (κ2) is 151. The summed E-state index contributed by atoms with van der Waals surface area (Å²) in [7, 11) is -3.83. The molecule has 0 aromatic heterocycles. The van der Waals surface area contributed by atoms with Crippen molar-refractivity contribution in [3.8, 4) is 0 Å².